The van der Waals surface area contributed by atoms with E-state index in [1.54, 1.807) is 12.1 Å². The highest BCUT2D eigenvalue weighted by molar-refractivity contribution is 5.34. The average molecular weight is 385 g/mol. The van der Waals surface area contributed by atoms with E-state index >= 15 is 0 Å². The summed E-state index contributed by atoms with van der Waals surface area (Å²) in [7, 11) is 0. The SMILES string of the molecule is N#Cc1ccc(CN(CCCc2ccccc2)Cc2cccc([N+](=O)[O-])c2)cc1. The van der Waals surface area contributed by atoms with E-state index in [9.17, 15) is 10.1 Å². The van der Waals surface area contributed by atoms with E-state index in [1.807, 2.05) is 48.5 Å². The summed E-state index contributed by atoms with van der Waals surface area (Å²) in [4.78, 5) is 13.0. The van der Waals surface area contributed by atoms with Gasteiger partial charge in [-0.3, -0.25) is 15.0 Å². The number of hydrogen-bond acceptors (Lipinski definition) is 4. The molecule has 3 rings (SSSR count). The van der Waals surface area contributed by atoms with Crippen LogP contribution in [0.5, 0.6) is 0 Å². The molecule has 146 valence electrons. The molecule has 0 saturated carbocycles. The van der Waals surface area contributed by atoms with E-state index in [1.165, 1.54) is 11.6 Å². The zero-order chi connectivity index (χ0) is 20.5. The average Bonchev–Trinajstić information content (AvgIpc) is 2.75. The van der Waals surface area contributed by atoms with Crippen molar-refractivity contribution in [3.8, 4) is 6.07 Å². The van der Waals surface area contributed by atoms with Crippen LogP contribution in [-0.2, 0) is 19.5 Å². The van der Waals surface area contributed by atoms with Gasteiger partial charge in [0.15, 0.2) is 0 Å². The predicted octanol–water partition coefficient (Wildman–Crippen LogP) is 5.10. The van der Waals surface area contributed by atoms with Gasteiger partial charge in [0.05, 0.1) is 16.6 Å². The van der Waals surface area contributed by atoms with Crippen molar-refractivity contribution in [2.24, 2.45) is 0 Å². The molecule has 0 aliphatic rings. The third kappa shape index (κ3) is 6.27. The Hall–Kier alpha value is -3.49. The zero-order valence-electron chi connectivity index (χ0n) is 16.2. The molecule has 0 heterocycles. The van der Waals surface area contributed by atoms with Gasteiger partial charge in [-0.2, -0.15) is 5.26 Å². The number of hydrogen-bond donors (Lipinski definition) is 0. The highest BCUT2D eigenvalue weighted by Crippen LogP contribution is 2.17. The number of aryl methyl sites for hydroxylation is 1. The Morgan fingerprint density at radius 1 is 0.862 bits per heavy atom. The van der Waals surface area contributed by atoms with Gasteiger partial charge in [-0.1, -0.05) is 54.6 Å². The first-order chi connectivity index (χ1) is 14.1. The van der Waals surface area contributed by atoms with Crippen LogP contribution in [0.4, 0.5) is 5.69 Å². The Morgan fingerprint density at radius 2 is 1.55 bits per heavy atom. The molecule has 0 bridgehead atoms. The van der Waals surface area contributed by atoms with Crippen molar-refractivity contribution in [2.45, 2.75) is 25.9 Å². The molecule has 29 heavy (non-hydrogen) atoms. The highest BCUT2D eigenvalue weighted by Gasteiger charge is 2.11. The van der Waals surface area contributed by atoms with Crippen LogP contribution in [0.25, 0.3) is 0 Å². The lowest BCUT2D eigenvalue weighted by Gasteiger charge is -2.23. The number of nitro benzene ring substituents is 1. The molecule has 3 aromatic rings. The van der Waals surface area contributed by atoms with Crippen LogP contribution in [0.2, 0.25) is 0 Å². The summed E-state index contributed by atoms with van der Waals surface area (Å²) in [6.45, 7) is 2.23. The Bertz CT molecular complexity index is 979. The Labute approximate surface area is 171 Å². The molecule has 3 aromatic carbocycles. The van der Waals surface area contributed by atoms with Crippen molar-refractivity contribution in [3.63, 3.8) is 0 Å². The maximum Gasteiger partial charge on any atom is 0.269 e. The summed E-state index contributed by atoms with van der Waals surface area (Å²) in [5, 5.41) is 20.1. The van der Waals surface area contributed by atoms with Crippen LogP contribution in [0.3, 0.4) is 0 Å². The van der Waals surface area contributed by atoms with E-state index in [0.717, 1.165) is 37.1 Å². The molecule has 0 amide bonds. The largest absolute Gasteiger partial charge is 0.295 e. The fourth-order valence-electron chi connectivity index (χ4n) is 3.33. The maximum atomic E-state index is 11.1. The molecule has 5 nitrogen and oxygen atoms in total. The summed E-state index contributed by atoms with van der Waals surface area (Å²) in [5.74, 6) is 0. The van der Waals surface area contributed by atoms with Crippen molar-refractivity contribution < 1.29 is 4.92 Å². The molecule has 0 aliphatic carbocycles. The normalized spacial score (nSPS) is 10.6. The Balaban J connectivity index is 1.70. The number of rotatable bonds is 9. The molecule has 5 heteroatoms. The van der Waals surface area contributed by atoms with Crippen LogP contribution in [0.15, 0.2) is 78.9 Å². The summed E-state index contributed by atoms with van der Waals surface area (Å²) in [6.07, 6.45) is 1.98. The third-order valence-electron chi connectivity index (χ3n) is 4.80. The summed E-state index contributed by atoms with van der Waals surface area (Å²) < 4.78 is 0. The molecule has 0 saturated heterocycles. The van der Waals surface area contributed by atoms with E-state index < -0.39 is 0 Å². The van der Waals surface area contributed by atoms with Crippen molar-refractivity contribution in [1.29, 1.82) is 5.26 Å². The van der Waals surface area contributed by atoms with Gasteiger partial charge < -0.3 is 0 Å². The Morgan fingerprint density at radius 3 is 2.24 bits per heavy atom. The molecule has 0 N–H and O–H groups in total. The standard InChI is InChI=1S/C24H23N3O2/c25-17-21-11-13-22(14-12-21)18-26(15-5-9-20-6-2-1-3-7-20)19-23-8-4-10-24(16-23)27(28)29/h1-4,6-8,10-14,16H,5,9,15,18-19H2. The van der Waals surface area contributed by atoms with Gasteiger partial charge in [-0.25, -0.2) is 0 Å². The molecule has 0 radical (unpaired) electrons. The molecule has 0 aliphatic heterocycles. The highest BCUT2D eigenvalue weighted by atomic mass is 16.6. The fraction of sp³-hybridized carbons (Fsp3) is 0.208. The van der Waals surface area contributed by atoms with E-state index in [2.05, 4.69) is 23.1 Å². The molecule has 0 aromatic heterocycles. The van der Waals surface area contributed by atoms with Gasteiger partial charge in [0.1, 0.15) is 0 Å². The lowest BCUT2D eigenvalue weighted by Crippen LogP contribution is -2.24. The van der Waals surface area contributed by atoms with Gasteiger partial charge >= 0.3 is 0 Å². The molecule has 0 spiro atoms. The smallest absolute Gasteiger partial charge is 0.269 e. The number of nitriles is 1. The second-order valence-corrected chi connectivity index (χ2v) is 7.04. The van der Waals surface area contributed by atoms with E-state index in [4.69, 9.17) is 5.26 Å². The van der Waals surface area contributed by atoms with Gasteiger partial charge in [-0.05, 0) is 48.2 Å². The second-order valence-electron chi connectivity index (χ2n) is 7.04. The Kier molecular flexibility index (Phi) is 7.10. The van der Waals surface area contributed by atoms with Crippen molar-refractivity contribution >= 4 is 5.69 Å². The minimum atomic E-state index is -0.357. The summed E-state index contributed by atoms with van der Waals surface area (Å²) in [6, 6.07) is 26.9. The first-order valence-electron chi connectivity index (χ1n) is 9.63. The minimum absolute atomic E-state index is 0.116. The molecule has 0 fully saturated rings. The lowest BCUT2D eigenvalue weighted by atomic mass is 10.1. The molecule has 0 atom stereocenters. The van der Waals surface area contributed by atoms with Crippen LogP contribution < -0.4 is 0 Å². The van der Waals surface area contributed by atoms with Gasteiger partial charge in [-0.15, -0.1) is 0 Å². The quantitative estimate of drug-likeness (QED) is 0.379. The zero-order valence-corrected chi connectivity index (χ0v) is 16.2. The molecular weight excluding hydrogens is 362 g/mol. The van der Waals surface area contributed by atoms with Crippen molar-refractivity contribution in [3.05, 3.63) is 111 Å². The van der Waals surface area contributed by atoms with E-state index in [-0.39, 0.29) is 10.6 Å². The number of nitro groups is 1. The maximum absolute atomic E-state index is 11.1. The lowest BCUT2D eigenvalue weighted by molar-refractivity contribution is -0.384. The first kappa shape index (κ1) is 20.2. The van der Waals surface area contributed by atoms with Crippen LogP contribution >= 0.6 is 0 Å². The van der Waals surface area contributed by atoms with Crippen LogP contribution in [0, 0.1) is 21.4 Å². The molecular formula is C24H23N3O2. The van der Waals surface area contributed by atoms with Gasteiger partial charge in [0, 0.05) is 25.2 Å². The summed E-state index contributed by atoms with van der Waals surface area (Å²) in [5.41, 5.74) is 4.11. The second kappa shape index (κ2) is 10.2. The van der Waals surface area contributed by atoms with Crippen molar-refractivity contribution in [1.82, 2.24) is 4.90 Å². The fourth-order valence-corrected chi connectivity index (χ4v) is 3.33. The monoisotopic (exact) mass is 385 g/mol. The van der Waals surface area contributed by atoms with Gasteiger partial charge in [0.25, 0.3) is 5.69 Å². The number of non-ortho nitro benzene ring substituents is 1. The number of benzene rings is 3. The van der Waals surface area contributed by atoms with Crippen LogP contribution in [0.1, 0.15) is 28.7 Å². The number of nitrogens with zero attached hydrogens (tertiary/aromatic N) is 3. The van der Waals surface area contributed by atoms with Crippen LogP contribution in [-0.4, -0.2) is 16.4 Å². The van der Waals surface area contributed by atoms with Gasteiger partial charge in [0.2, 0.25) is 0 Å². The first-order valence-corrected chi connectivity index (χ1v) is 9.63. The predicted molar refractivity (Wildman–Crippen MR) is 113 cm³/mol. The van der Waals surface area contributed by atoms with Crippen molar-refractivity contribution in [2.75, 3.05) is 6.54 Å². The van der Waals surface area contributed by atoms with E-state index in [0.29, 0.717) is 12.1 Å². The minimum Gasteiger partial charge on any atom is -0.295 e. The molecule has 0 unspecified atom stereocenters. The topological polar surface area (TPSA) is 70.2 Å². The third-order valence-corrected chi connectivity index (χ3v) is 4.80. The summed E-state index contributed by atoms with van der Waals surface area (Å²) >= 11 is 0.